The zero-order valence-electron chi connectivity index (χ0n) is 13.6. The fourth-order valence-electron chi connectivity index (χ4n) is 2.66. The largest absolute Gasteiger partial charge is 0.466 e. The quantitative estimate of drug-likeness (QED) is 0.525. The number of hydrogen-bond donors (Lipinski definition) is 1. The van der Waals surface area contributed by atoms with Crippen LogP contribution in [0.3, 0.4) is 0 Å². The molecule has 1 fully saturated rings. The maximum Gasteiger partial charge on any atom is 0.309 e. The molecule has 0 spiro atoms. The number of thiophene rings is 1. The average Bonchev–Trinajstić information content (AvgIpc) is 2.94. The van der Waals surface area contributed by atoms with E-state index in [2.05, 4.69) is 33.6 Å². The van der Waals surface area contributed by atoms with E-state index in [9.17, 15) is 4.79 Å². The van der Waals surface area contributed by atoms with Gasteiger partial charge in [0, 0.05) is 25.0 Å². The zero-order chi connectivity index (χ0) is 15.9. The van der Waals surface area contributed by atoms with Crippen LogP contribution in [0.2, 0.25) is 0 Å². The lowest BCUT2D eigenvalue weighted by atomic mass is 9.97. The Morgan fingerprint density at radius 1 is 1.50 bits per heavy atom. The van der Waals surface area contributed by atoms with E-state index in [0.29, 0.717) is 6.61 Å². The normalized spacial score (nSPS) is 16.7. The van der Waals surface area contributed by atoms with Crippen LogP contribution in [-0.4, -0.2) is 43.6 Å². The van der Waals surface area contributed by atoms with E-state index < -0.39 is 0 Å². The van der Waals surface area contributed by atoms with Crippen molar-refractivity contribution < 1.29 is 9.53 Å². The SMILES string of the molecule is CCOC(=O)C1CCN(C(=NC)NCc2sccc2C)CC1. The van der Waals surface area contributed by atoms with Crippen molar-refractivity contribution in [2.75, 3.05) is 26.7 Å². The molecule has 22 heavy (non-hydrogen) atoms. The number of likely N-dealkylation sites (tertiary alicyclic amines) is 1. The molecule has 0 atom stereocenters. The minimum absolute atomic E-state index is 0.0360. The van der Waals surface area contributed by atoms with Crippen molar-refractivity contribution in [1.82, 2.24) is 10.2 Å². The molecule has 0 saturated carbocycles. The fourth-order valence-corrected chi connectivity index (χ4v) is 3.51. The average molecular weight is 323 g/mol. The predicted molar refractivity (Wildman–Crippen MR) is 90.2 cm³/mol. The molecule has 0 unspecified atom stereocenters. The van der Waals surface area contributed by atoms with Gasteiger partial charge in [0.1, 0.15) is 0 Å². The second-order valence-corrected chi connectivity index (χ2v) is 6.44. The maximum atomic E-state index is 11.8. The number of ether oxygens (including phenoxy) is 1. The van der Waals surface area contributed by atoms with Crippen LogP contribution in [0, 0.1) is 12.8 Å². The number of aliphatic imine (C=N–C) groups is 1. The lowest BCUT2D eigenvalue weighted by molar-refractivity contribution is -0.149. The summed E-state index contributed by atoms with van der Waals surface area (Å²) in [7, 11) is 1.81. The Morgan fingerprint density at radius 2 is 2.23 bits per heavy atom. The topological polar surface area (TPSA) is 53.9 Å². The first-order chi connectivity index (χ1) is 10.7. The van der Waals surface area contributed by atoms with Gasteiger partial charge in [-0.2, -0.15) is 0 Å². The summed E-state index contributed by atoms with van der Waals surface area (Å²) < 4.78 is 5.11. The van der Waals surface area contributed by atoms with E-state index in [-0.39, 0.29) is 11.9 Å². The number of guanidine groups is 1. The van der Waals surface area contributed by atoms with Gasteiger partial charge in [-0.15, -0.1) is 11.3 Å². The van der Waals surface area contributed by atoms with Crippen molar-refractivity contribution in [2.24, 2.45) is 10.9 Å². The van der Waals surface area contributed by atoms with Crippen LogP contribution in [0.25, 0.3) is 0 Å². The molecule has 0 radical (unpaired) electrons. The van der Waals surface area contributed by atoms with E-state index in [0.717, 1.165) is 38.4 Å². The molecular weight excluding hydrogens is 298 g/mol. The number of hydrogen-bond acceptors (Lipinski definition) is 4. The molecule has 5 nitrogen and oxygen atoms in total. The van der Waals surface area contributed by atoms with Crippen LogP contribution in [0.15, 0.2) is 16.4 Å². The second-order valence-electron chi connectivity index (χ2n) is 5.44. The Bertz CT molecular complexity index is 519. The molecule has 122 valence electrons. The monoisotopic (exact) mass is 323 g/mol. The first kappa shape index (κ1) is 16.8. The highest BCUT2D eigenvalue weighted by molar-refractivity contribution is 7.10. The van der Waals surface area contributed by atoms with Crippen molar-refractivity contribution in [3.05, 3.63) is 21.9 Å². The summed E-state index contributed by atoms with van der Waals surface area (Å²) in [6, 6.07) is 2.13. The second kappa shape index (κ2) is 8.17. The highest BCUT2D eigenvalue weighted by Gasteiger charge is 2.27. The summed E-state index contributed by atoms with van der Waals surface area (Å²) in [6.07, 6.45) is 1.66. The van der Waals surface area contributed by atoms with Gasteiger partial charge in [0.2, 0.25) is 0 Å². The van der Waals surface area contributed by atoms with Crippen LogP contribution >= 0.6 is 11.3 Å². The van der Waals surface area contributed by atoms with Gasteiger partial charge in [-0.05, 0) is 43.7 Å². The number of esters is 1. The van der Waals surface area contributed by atoms with Gasteiger partial charge in [-0.3, -0.25) is 9.79 Å². The van der Waals surface area contributed by atoms with Gasteiger partial charge in [-0.25, -0.2) is 0 Å². The third-order valence-corrected chi connectivity index (χ3v) is 5.02. The molecule has 6 heteroatoms. The molecular formula is C16H25N3O2S. The van der Waals surface area contributed by atoms with Crippen LogP contribution in [-0.2, 0) is 16.1 Å². The molecule has 1 aromatic rings. The number of carbonyl (C=O) groups excluding carboxylic acids is 1. The third kappa shape index (κ3) is 4.22. The van der Waals surface area contributed by atoms with E-state index >= 15 is 0 Å². The molecule has 0 bridgehead atoms. The van der Waals surface area contributed by atoms with Gasteiger partial charge in [0.25, 0.3) is 0 Å². The highest BCUT2D eigenvalue weighted by Crippen LogP contribution is 2.19. The maximum absolute atomic E-state index is 11.8. The van der Waals surface area contributed by atoms with E-state index in [1.54, 1.807) is 18.4 Å². The first-order valence-corrected chi connectivity index (χ1v) is 8.68. The summed E-state index contributed by atoms with van der Waals surface area (Å²) in [4.78, 5) is 19.7. The van der Waals surface area contributed by atoms with Crippen LogP contribution in [0.1, 0.15) is 30.2 Å². The molecule has 0 amide bonds. The van der Waals surface area contributed by atoms with Crippen molar-refractivity contribution >= 4 is 23.3 Å². The molecule has 1 aliphatic heterocycles. The Balaban J connectivity index is 1.83. The molecule has 1 saturated heterocycles. The van der Waals surface area contributed by atoms with E-state index in [4.69, 9.17) is 4.74 Å². The van der Waals surface area contributed by atoms with Gasteiger partial charge >= 0.3 is 5.97 Å². The van der Waals surface area contributed by atoms with Crippen molar-refractivity contribution in [1.29, 1.82) is 0 Å². The molecule has 1 N–H and O–H groups in total. The zero-order valence-corrected chi connectivity index (χ0v) is 14.4. The Morgan fingerprint density at radius 3 is 2.77 bits per heavy atom. The van der Waals surface area contributed by atoms with Crippen molar-refractivity contribution in [3.8, 4) is 0 Å². The number of nitrogens with zero attached hydrogens (tertiary/aromatic N) is 2. The van der Waals surface area contributed by atoms with Crippen LogP contribution in [0.5, 0.6) is 0 Å². The minimum atomic E-state index is -0.0562. The number of rotatable bonds is 4. The smallest absolute Gasteiger partial charge is 0.309 e. The number of piperidine rings is 1. The van der Waals surface area contributed by atoms with Gasteiger partial charge in [0.15, 0.2) is 5.96 Å². The summed E-state index contributed by atoms with van der Waals surface area (Å²) in [5, 5.41) is 5.53. The Hall–Kier alpha value is -1.56. The lowest BCUT2D eigenvalue weighted by Gasteiger charge is -2.33. The van der Waals surface area contributed by atoms with E-state index in [1.165, 1.54) is 10.4 Å². The summed E-state index contributed by atoms with van der Waals surface area (Å²) in [5.74, 6) is 0.892. The Labute approximate surface area is 136 Å². The van der Waals surface area contributed by atoms with Gasteiger partial charge < -0.3 is 15.0 Å². The third-order valence-electron chi connectivity index (χ3n) is 4.00. The first-order valence-electron chi connectivity index (χ1n) is 7.81. The van der Waals surface area contributed by atoms with Gasteiger partial charge in [0.05, 0.1) is 19.1 Å². The number of nitrogens with one attached hydrogen (secondary N) is 1. The molecule has 0 aliphatic carbocycles. The predicted octanol–water partition coefficient (Wildman–Crippen LogP) is 2.41. The number of aryl methyl sites for hydroxylation is 1. The van der Waals surface area contributed by atoms with E-state index in [1.807, 2.05) is 6.92 Å². The molecule has 1 aromatic heterocycles. The van der Waals surface area contributed by atoms with Crippen molar-refractivity contribution in [3.63, 3.8) is 0 Å². The molecule has 2 heterocycles. The molecule has 2 rings (SSSR count). The standard InChI is InChI=1S/C16H25N3O2S/c1-4-21-15(20)13-5-8-19(9-6-13)16(17-3)18-11-14-12(2)7-10-22-14/h7,10,13H,4-6,8-9,11H2,1-3H3,(H,17,18). The summed E-state index contributed by atoms with van der Waals surface area (Å²) in [5.41, 5.74) is 1.31. The minimum Gasteiger partial charge on any atom is -0.466 e. The van der Waals surface area contributed by atoms with Crippen LogP contribution in [0.4, 0.5) is 0 Å². The fraction of sp³-hybridized carbons (Fsp3) is 0.625. The molecule has 1 aliphatic rings. The number of carbonyl (C=O) groups is 1. The summed E-state index contributed by atoms with van der Waals surface area (Å²) in [6.45, 7) is 6.92. The van der Waals surface area contributed by atoms with Crippen LogP contribution < -0.4 is 5.32 Å². The molecule has 0 aromatic carbocycles. The lowest BCUT2D eigenvalue weighted by Crippen LogP contribution is -2.46. The highest BCUT2D eigenvalue weighted by atomic mass is 32.1. The Kier molecular flexibility index (Phi) is 6.24. The van der Waals surface area contributed by atoms with Gasteiger partial charge in [-0.1, -0.05) is 0 Å². The summed E-state index contributed by atoms with van der Waals surface area (Å²) >= 11 is 1.76. The van der Waals surface area contributed by atoms with Crippen molar-refractivity contribution in [2.45, 2.75) is 33.2 Å².